The fourth-order valence-electron chi connectivity index (χ4n) is 6.17. The highest BCUT2D eigenvalue weighted by Crippen LogP contribution is 2.43. The summed E-state index contributed by atoms with van der Waals surface area (Å²) in [6, 6.07) is -0.857. The Kier molecular flexibility index (Phi) is 35.0. The number of amides is 1. The Bertz CT molecular complexity index is 907. The number of carbonyl (C=O) groups is 1. The molecule has 0 heterocycles. The van der Waals surface area contributed by atoms with Gasteiger partial charge in [-0.3, -0.25) is 13.8 Å². The minimum absolute atomic E-state index is 0.0581. The summed E-state index contributed by atoms with van der Waals surface area (Å²) in [5, 5.41) is 13.8. The molecule has 0 aromatic heterocycles. The summed E-state index contributed by atoms with van der Waals surface area (Å²) in [4.78, 5) is 23.1. The number of nitrogens with one attached hydrogen (secondary N) is 1. The van der Waals surface area contributed by atoms with Gasteiger partial charge in [0.2, 0.25) is 5.91 Å². The molecule has 0 aromatic carbocycles. The van der Waals surface area contributed by atoms with Gasteiger partial charge in [-0.25, -0.2) is 4.57 Å². The number of quaternary nitrogens is 1. The molecule has 52 heavy (non-hydrogen) atoms. The third-order valence-corrected chi connectivity index (χ3v) is 10.7. The van der Waals surface area contributed by atoms with Crippen LogP contribution < -0.4 is 5.32 Å². The van der Waals surface area contributed by atoms with Crippen molar-refractivity contribution in [2.24, 2.45) is 0 Å². The summed E-state index contributed by atoms with van der Waals surface area (Å²) in [6.45, 7) is 4.79. The molecule has 0 saturated carbocycles. The van der Waals surface area contributed by atoms with Gasteiger partial charge in [0.05, 0.1) is 39.9 Å². The summed E-state index contributed by atoms with van der Waals surface area (Å²) >= 11 is 0. The minimum atomic E-state index is -4.34. The average molecular weight is 758 g/mol. The molecule has 9 heteroatoms. The lowest BCUT2D eigenvalue weighted by molar-refractivity contribution is -0.870. The number of hydrogen-bond donors (Lipinski definition) is 3. The number of carbonyl (C=O) groups excluding carboxylic acids is 1. The monoisotopic (exact) mass is 758 g/mol. The average Bonchev–Trinajstić information content (AvgIpc) is 3.09. The maximum Gasteiger partial charge on any atom is 0.472 e. The van der Waals surface area contributed by atoms with E-state index in [4.69, 9.17) is 9.05 Å². The van der Waals surface area contributed by atoms with Crippen molar-refractivity contribution in [3.63, 3.8) is 0 Å². The van der Waals surface area contributed by atoms with E-state index in [9.17, 15) is 19.4 Å². The summed E-state index contributed by atoms with van der Waals surface area (Å²) in [5.74, 6) is -0.186. The second-order valence-corrected chi connectivity index (χ2v) is 17.5. The molecular weight excluding hydrogens is 671 g/mol. The lowest BCUT2D eigenvalue weighted by Crippen LogP contribution is -2.45. The first-order valence-corrected chi connectivity index (χ1v) is 23.2. The Morgan fingerprint density at radius 1 is 0.635 bits per heavy atom. The quantitative estimate of drug-likeness (QED) is 0.0250. The standard InChI is InChI=1S/C43H85N2O6P/c1-6-8-10-12-14-16-18-20-22-23-25-27-29-31-33-35-37-43(47)44-41(40-51-52(48,49)50-39-38-45(3,4)5)42(46)36-34-32-30-28-26-24-21-19-17-15-13-11-9-7-2/h26,28,34,36,41-42,46H,6-25,27,29-33,35,37-40H2,1-5H3,(H-,44,47,48,49)/p+1/b28-26+,36-34+. The molecule has 0 radical (unpaired) electrons. The van der Waals surface area contributed by atoms with Crippen molar-refractivity contribution in [1.29, 1.82) is 0 Å². The number of hydrogen-bond acceptors (Lipinski definition) is 5. The number of aliphatic hydroxyl groups is 1. The molecule has 3 unspecified atom stereocenters. The van der Waals surface area contributed by atoms with Gasteiger partial charge < -0.3 is 19.8 Å². The van der Waals surface area contributed by atoms with Gasteiger partial charge >= 0.3 is 7.82 Å². The second kappa shape index (κ2) is 35.7. The van der Waals surface area contributed by atoms with Crippen molar-refractivity contribution < 1.29 is 32.9 Å². The molecule has 0 aliphatic rings. The lowest BCUT2D eigenvalue weighted by atomic mass is 10.0. The van der Waals surface area contributed by atoms with Crippen molar-refractivity contribution in [2.45, 2.75) is 206 Å². The number of phosphoric ester groups is 1. The third kappa shape index (κ3) is 37.3. The van der Waals surface area contributed by atoms with Gasteiger partial charge in [0.1, 0.15) is 13.2 Å². The van der Waals surface area contributed by atoms with Crippen molar-refractivity contribution in [2.75, 3.05) is 40.9 Å². The molecule has 1 amide bonds. The molecule has 308 valence electrons. The summed E-state index contributed by atoms with van der Waals surface area (Å²) in [5.41, 5.74) is 0. The van der Waals surface area contributed by atoms with Crippen molar-refractivity contribution in [1.82, 2.24) is 5.32 Å². The first-order chi connectivity index (χ1) is 25.0. The molecule has 0 aromatic rings. The van der Waals surface area contributed by atoms with Gasteiger partial charge in [-0.05, 0) is 32.1 Å². The molecule has 3 N–H and O–H groups in total. The first-order valence-electron chi connectivity index (χ1n) is 21.7. The van der Waals surface area contributed by atoms with Crippen LogP contribution in [0.2, 0.25) is 0 Å². The Balaban J connectivity index is 4.47. The lowest BCUT2D eigenvalue weighted by Gasteiger charge is -2.25. The zero-order chi connectivity index (χ0) is 38.6. The topological polar surface area (TPSA) is 105 Å². The van der Waals surface area contributed by atoms with Gasteiger partial charge in [0, 0.05) is 6.42 Å². The summed E-state index contributed by atoms with van der Waals surface area (Å²) < 4.78 is 23.5. The number of rotatable bonds is 39. The highest BCUT2D eigenvalue weighted by Gasteiger charge is 2.27. The molecule has 0 aliphatic heterocycles. The first kappa shape index (κ1) is 51.0. The van der Waals surface area contributed by atoms with Gasteiger partial charge in [0.25, 0.3) is 0 Å². The SMILES string of the molecule is CCCCCCCCCC/C=C/CC/C=C/C(O)C(COP(=O)(O)OCC[N+](C)(C)C)NC(=O)CCCCCCCCCCCCCCCCCC. The van der Waals surface area contributed by atoms with Crippen LogP contribution in [0.1, 0.15) is 194 Å². The molecule has 0 fully saturated rings. The van der Waals surface area contributed by atoms with Gasteiger partial charge in [-0.15, -0.1) is 0 Å². The van der Waals surface area contributed by atoms with E-state index in [1.165, 1.54) is 135 Å². The molecule has 0 bridgehead atoms. The fourth-order valence-corrected chi connectivity index (χ4v) is 6.91. The third-order valence-electron chi connectivity index (χ3n) is 9.67. The van der Waals surface area contributed by atoms with Crippen LogP contribution in [-0.4, -0.2) is 73.4 Å². The number of unbranched alkanes of at least 4 members (excludes halogenated alkanes) is 24. The molecule has 3 atom stereocenters. The largest absolute Gasteiger partial charge is 0.472 e. The normalized spacial score (nSPS) is 14.7. The Hall–Kier alpha value is -1.02. The van der Waals surface area contributed by atoms with E-state index in [-0.39, 0.29) is 19.1 Å². The van der Waals surface area contributed by atoms with Crippen LogP contribution in [0.3, 0.4) is 0 Å². The van der Waals surface area contributed by atoms with Crippen LogP contribution in [0.4, 0.5) is 0 Å². The van der Waals surface area contributed by atoms with Crippen LogP contribution >= 0.6 is 7.82 Å². The predicted molar refractivity (Wildman–Crippen MR) is 221 cm³/mol. The highest BCUT2D eigenvalue weighted by atomic mass is 31.2. The van der Waals surface area contributed by atoms with E-state index >= 15 is 0 Å². The summed E-state index contributed by atoms with van der Waals surface area (Å²) in [7, 11) is 1.56. The molecule has 0 spiro atoms. The van der Waals surface area contributed by atoms with E-state index in [1.807, 2.05) is 27.2 Å². The van der Waals surface area contributed by atoms with Crippen LogP contribution in [0.5, 0.6) is 0 Å². The molecule has 0 aliphatic carbocycles. The van der Waals surface area contributed by atoms with E-state index in [1.54, 1.807) is 6.08 Å². The van der Waals surface area contributed by atoms with Crippen LogP contribution in [0.15, 0.2) is 24.3 Å². The highest BCUT2D eigenvalue weighted by molar-refractivity contribution is 7.47. The Morgan fingerprint density at radius 2 is 1.06 bits per heavy atom. The molecule has 0 rings (SSSR count). The van der Waals surface area contributed by atoms with Gasteiger partial charge in [-0.1, -0.05) is 179 Å². The molecule has 0 saturated heterocycles. The van der Waals surface area contributed by atoms with E-state index in [0.29, 0.717) is 17.4 Å². The maximum atomic E-state index is 12.8. The van der Waals surface area contributed by atoms with Gasteiger partial charge in [0.15, 0.2) is 0 Å². The number of likely N-dealkylation sites (N-methyl/N-ethyl adjacent to an activating group) is 1. The number of phosphoric acid groups is 1. The van der Waals surface area contributed by atoms with Crippen LogP contribution in [-0.2, 0) is 18.4 Å². The van der Waals surface area contributed by atoms with Crippen molar-refractivity contribution >= 4 is 13.7 Å². The Labute approximate surface area is 322 Å². The molecular formula is C43H86N2O6P+. The van der Waals surface area contributed by atoms with Crippen molar-refractivity contribution in [3.8, 4) is 0 Å². The van der Waals surface area contributed by atoms with E-state index in [0.717, 1.165) is 38.5 Å². The number of allylic oxidation sites excluding steroid dienone is 3. The molecule has 8 nitrogen and oxygen atoms in total. The predicted octanol–water partition coefficient (Wildman–Crippen LogP) is 11.7. The maximum absolute atomic E-state index is 12.8. The number of aliphatic hydroxyl groups excluding tert-OH is 1. The number of nitrogens with zero attached hydrogens (tertiary/aromatic N) is 1. The van der Waals surface area contributed by atoms with Crippen molar-refractivity contribution in [3.05, 3.63) is 24.3 Å². The second-order valence-electron chi connectivity index (χ2n) is 16.1. The minimum Gasteiger partial charge on any atom is -0.387 e. The van der Waals surface area contributed by atoms with Crippen LogP contribution in [0, 0.1) is 0 Å². The smallest absolute Gasteiger partial charge is 0.387 e. The zero-order valence-electron chi connectivity index (χ0n) is 34.8. The Morgan fingerprint density at radius 3 is 1.54 bits per heavy atom. The fraction of sp³-hybridized carbons (Fsp3) is 0.884. The van der Waals surface area contributed by atoms with E-state index < -0.39 is 20.0 Å². The van der Waals surface area contributed by atoms with E-state index in [2.05, 4.69) is 31.3 Å². The summed E-state index contributed by atoms with van der Waals surface area (Å²) in [6.07, 6.45) is 41.0. The van der Waals surface area contributed by atoms with Gasteiger partial charge in [-0.2, -0.15) is 0 Å². The van der Waals surface area contributed by atoms with Crippen LogP contribution in [0.25, 0.3) is 0 Å². The zero-order valence-corrected chi connectivity index (χ0v) is 35.7.